The molecule has 0 radical (unpaired) electrons. The second kappa shape index (κ2) is 15.6. The second-order valence-corrected chi connectivity index (χ2v) is 13.1. The predicted octanol–water partition coefficient (Wildman–Crippen LogP) is 7.85. The van der Waals surface area contributed by atoms with E-state index < -0.39 is 17.0 Å². The number of hydrogen-bond donors (Lipinski definition) is 1. The van der Waals surface area contributed by atoms with Crippen LogP contribution in [-0.2, 0) is 23.2 Å². The van der Waals surface area contributed by atoms with Crippen LogP contribution in [0.3, 0.4) is 0 Å². The first kappa shape index (κ1) is 38.3. The van der Waals surface area contributed by atoms with Crippen molar-refractivity contribution in [1.82, 2.24) is 14.9 Å². The lowest BCUT2D eigenvalue weighted by atomic mass is 9.74. The number of anilines is 2. The highest BCUT2D eigenvalue weighted by molar-refractivity contribution is 6.30. The summed E-state index contributed by atoms with van der Waals surface area (Å²) in [6.45, 7) is 6.29. The van der Waals surface area contributed by atoms with Crippen LogP contribution >= 0.6 is 48.8 Å². The molecule has 1 spiro atoms. The molecule has 3 heterocycles. The SMILES string of the molecule is C[C@@H]1C[C@@H](OC(=O)c2ccc([N+](=O)[O-])cc2)c2ncnc(N3CC4(CCN(Cc5ccc(CN)cc5)CC4)c4cc(Cl)ccc43)c21.Cl.Cl.Cl. The lowest BCUT2D eigenvalue weighted by Gasteiger charge is -2.40. The molecule has 2 N–H and O–H groups in total. The number of nitrogens with two attached hydrogens (primary N) is 1. The molecule has 0 unspecified atom stereocenters. The van der Waals surface area contributed by atoms with E-state index >= 15 is 0 Å². The fraction of sp³-hybridized carbons (Fsp3) is 0.343. The normalized spacial score (nSPS) is 18.8. The molecule has 2 aliphatic heterocycles. The summed E-state index contributed by atoms with van der Waals surface area (Å²) in [4.78, 5) is 37.8. The Bertz CT molecular complexity index is 1800. The average molecular weight is 749 g/mol. The van der Waals surface area contributed by atoms with Crippen molar-refractivity contribution in [2.24, 2.45) is 5.73 Å². The minimum absolute atomic E-state index is 0. The number of carbonyl (C=O) groups excluding carboxylic acids is 1. The molecule has 0 amide bonds. The van der Waals surface area contributed by atoms with Gasteiger partial charge >= 0.3 is 5.97 Å². The first-order valence-electron chi connectivity index (χ1n) is 15.6. The molecule has 7 rings (SSSR count). The number of nitro benzene ring substituents is 1. The third kappa shape index (κ3) is 7.36. The molecule has 0 saturated carbocycles. The van der Waals surface area contributed by atoms with Crippen molar-refractivity contribution in [2.75, 3.05) is 24.5 Å². The molecule has 1 aliphatic carbocycles. The molecule has 1 saturated heterocycles. The van der Waals surface area contributed by atoms with Gasteiger partial charge in [-0.25, -0.2) is 14.8 Å². The standard InChI is InChI=1S/C35H35ClN6O4.3ClH/c1-22-16-30(46-34(43)25-6-9-27(10-7-25)42(44)45)32-31(22)33(39-21-38-32)41-20-35(28-17-26(36)8-11-29(28)41)12-14-40(15-13-35)19-24-4-2-23(18-37)3-5-24;;;/h2-11,17,21-22,30H,12-16,18-20,37H2,1H3;3*1H/t22-,30-;;;/m1.../s1. The van der Waals surface area contributed by atoms with Crippen molar-refractivity contribution in [3.63, 3.8) is 0 Å². The predicted molar refractivity (Wildman–Crippen MR) is 197 cm³/mol. The molecule has 2 atom stereocenters. The van der Waals surface area contributed by atoms with Crippen LogP contribution in [-0.4, -0.2) is 45.4 Å². The van der Waals surface area contributed by atoms with Crippen molar-refractivity contribution in [3.05, 3.63) is 122 Å². The zero-order valence-electron chi connectivity index (χ0n) is 26.8. The molecular weight excluding hydrogens is 710 g/mol. The Morgan fingerprint density at radius 1 is 1.02 bits per heavy atom. The van der Waals surface area contributed by atoms with Crippen molar-refractivity contribution in [3.8, 4) is 0 Å². The van der Waals surface area contributed by atoms with Gasteiger partial charge in [-0.15, -0.1) is 37.2 Å². The number of fused-ring (bicyclic) bond motifs is 3. The number of aromatic nitrogens is 2. The van der Waals surface area contributed by atoms with Gasteiger partial charge in [0, 0.05) is 53.5 Å². The van der Waals surface area contributed by atoms with Gasteiger partial charge in [0.15, 0.2) is 0 Å². The highest BCUT2D eigenvalue weighted by atomic mass is 35.5. The number of likely N-dealkylation sites (tertiary alicyclic amines) is 1. The van der Waals surface area contributed by atoms with E-state index in [0.717, 1.165) is 66.7 Å². The Hall–Kier alpha value is -3.51. The third-order valence-electron chi connectivity index (χ3n) is 9.84. The van der Waals surface area contributed by atoms with Crippen LogP contribution < -0.4 is 10.6 Å². The lowest BCUT2D eigenvalue weighted by Crippen LogP contribution is -2.44. The highest BCUT2D eigenvalue weighted by Crippen LogP contribution is 2.53. The smallest absolute Gasteiger partial charge is 0.338 e. The summed E-state index contributed by atoms with van der Waals surface area (Å²) in [6.07, 6.45) is 3.58. The number of hydrogen-bond acceptors (Lipinski definition) is 9. The van der Waals surface area contributed by atoms with Crippen molar-refractivity contribution in [1.29, 1.82) is 0 Å². The maximum Gasteiger partial charge on any atom is 0.338 e. The van der Waals surface area contributed by atoms with Gasteiger partial charge in [0.1, 0.15) is 18.2 Å². The molecule has 1 aromatic heterocycles. The van der Waals surface area contributed by atoms with E-state index in [0.29, 0.717) is 18.7 Å². The molecule has 49 heavy (non-hydrogen) atoms. The van der Waals surface area contributed by atoms with E-state index in [-0.39, 0.29) is 59.8 Å². The lowest BCUT2D eigenvalue weighted by molar-refractivity contribution is -0.384. The number of rotatable bonds is 7. The topological polar surface area (TPSA) is 128 Å². The molecule has 10 nitrogen and oxygen atoms in total. The number of nitrogens with zero attached hydrogens (tertiary/aromatic N) is 5. The zero-order valence-corrected chi connectivity index (χ0v) is 30.0. The molecule has 4 aromatic rings. The number of nitro groups is 1. The van der Waals surface area contributed by atoms with Crippen LogP contribution in [0.5, 0.6) is 0 Å². The number of ether oxygens (including phenoxy) is 1. The highest BCUT2D eigenvalue weighted by Gasteiger charge is 2.47. The molecular formula is C35H38Cl4N6O4. The number of non-ortho nitro benzene ring substituents is 1. The van der Waals surface area contributed by atoms with Crippen LogP contribution in [0.1, 0.15) is 76.5 Å². The van der Waals surface area contributed by atoms with Crippen LogP contribution in [0, 0.1) is 10.1 Å². The number of benzene rings is 3. The molecule has 260 valence electrons. The van der Waals surface area contributed by atoms with E-state index in [2.05, 4.69) is 58.1 Å². The van der Waals surface area contributed by atoms with Crippen LogP contribution in [0.4, 0.5) is 17.2 Å². The number of piperidine rings is 1. The second-order valence-electron chi connectivity index (χ2n) is 12.7. The van der Waals surface area contributed by atoms with Crippen molar-refractivity contribution in [2.45, 2.75) is 56.7 Å². The summed E-state index contributed by atoms with van der Waals surface area (Å²) >= 11 is 6.59. The summed E-state index contributed by atoms with van der Waals surface area (Å²) in [6, 6.07) is 20.2. The zero-order chi connectivity index (χ0) is 32.0. The molecule has 1 fully saturated rings. The van der Waals surface area contributed by atoms with Gasteiger partial charge in [0.05, 0.1) is 16.2 Å². The number of esters is 1. The van der Waals surface area contributed by atoms with E-state index in [4.69, 9.17) is 27.1 Å². The van der Waals surface area contributed by atoms with E-state index in [1.165, 1.54) is 35.4 Å². The van der Waals surface area contributed by atoms with Crippen molar-refractivity contribution >= 4 is 72.0 Å². The third-order valence-corrected chi connectivity index (χ3v) is 10.1. The monoisotopic (exact) mass is 746 g/mol. The summed E-state index contributed by atoms with van der Waals surface area (Å²) < 4.78 is 5.93. The van der Waals surface area contributed by atoms with Gasteiger partial charge < -0.3 is 15.4 Å². The van der Waals surface area contributed by atoms with Crippen LogP contribution in [0.25, 0.3) is 0 Å². The Morgan fingerprint density at radius 2 is 1.69 bits per heavy atom. The Labute approximate surface area is 308 Å². The first-order chi connectivity index (χ1) is 22.2. The Morgan fingerprint density at radius 3 is 2.35 bits per heavy atom. The summed E-state index contributed by atoms with van der Waals surface area (Å²) in [7, 11) is 0. The average Bonchev–Trinajstić information content (AvgIpc) is 3.56. The van der Waals surface area contributed by atoms with Crippen LogP contribution in [0.2, 0.25) is 5.02 Å². The van der Waals surface area contributed by atoms with Gasteiger partial charge in [-0.1, -0.05) is 42.8 Å². The van der Waals surface area contributed by atoms with E-state index in [1.54, 1.807) is 6.33 Å². The molecule has 14 heteroatoms. The minimum Gasteiger partial charge on any atom is -0.452 e. The number of carbonyl (C=O) groups is 1. The van der Waals surface area contributed by atoms with Gasteiger partial charge in [0.2, 0.25) is 0 Å². The van der Waals surface area contributed by atoms with E-state index in [9.17, 15) is 14.9 Å². The van der Waals surface area contributed by atoms with Gasteiger partial charge in [-0.2, -0.15) is 0 Å². The fourth-order valence-electron chi connectivity index (χ4n) is 7.35. The van der Waals surface area contributed by atoms with Crippen LogP contribution in [0.15, 0.2) is 73.1 Å². The van der Waals surface area contributed by atoms with Crippen molar-refractivity contribution < 1.29 is 14.5 Å². The maximum atomic E-state index is 13.0. The minimum atomic E-state index is -0.544. The van der Waals surface area contributed by atoms with Gasteiger partial charge in [-0.05, 0) is 85.3 Å². The largest absolute Gasteiger partial charge is 0.452 e. The molecule has 3 aliphatic rings. The summed E-state index contributed by atoms with van der Waals surface area (Å²) in [5.41, 5.74) is 12.4. The summed E-state index contributed by atoms with van der Waals surface area (Å²) in [5, 5.41) is 11.8. The van der Waals surface area contributed by atoms with Gasteiger partial charge in [0.25, 0.3) is 5.69 Å². The van der Waals surface area contributed by atoms with E-state index in [1.807, 2.05) is 6.07 Å². The van der Waals surface area contributed by atoms with Gasteiger partial charge in [-0.3, -0.25) is 15.0 Å². The quantitative estimate of drug-likeness (QED) is 0.114. The first-order valence-corrected chi connectivity index (χ1v) is 16.0. The maximum absolute atomic E-state index is 13.0. The Kier molecular flexibility index (Phi) is 12.2. The Balaban J connectivity index is 0.00000180. The summed E-state index contributed by atoms with van der Waals surface area (Å²) in [5.74, 6) is 0.359. The number of halogens is 4. The molecule has 0 bridgehead atoms. The fourth-order valence-corrected chi connectivity index (χ4v) is 7.52. The molecule has 3 aromatic carbocycles.